The number of nitrogens with zero attached hydrogens (tertiary/aromatic N) is 3. The van der Waals surface area contributed by atoms with E-state index in [1.54, 1.807) is 36.1 Å². The molecule has 1 N–H and O–H groups in total. The van der Waals surface area contributed by atoms with Crippen molar-refractivity contribution in [3.63, 3.8) is 0 Å². The lowest BCUT2D eigenvalue weighted by molar-refractivity contribution is -0.117. The summed E-state index contributed by atoms with van der Waals surface area (Å²) in [5.74, 6) is -0.374. The molecule has 0 radical (unpaired) electrons. The number of carbonyl (C=O) groups is 2. The van der Waals surface area contributed by atoms with Crippen molar-refractivity contribution in [1.29, 1.82) is 0 Å². The number of rotatable bonds is 6. The van der Waals surface area contributed by atoms with Crippen LogP contribution in [0.3, 0.4) is 0 Å². The normalized spacial score (nSPS) is 12.1. The van der Waals surface area contributed by atoms with E-state index in [1.807, 2.05) is 24.7 Å². The maximum Gasteiger partial charge on any atom is 0.294 e. The van der Waals surface area contributed by atoms with Crippen LogP contribution in [0.5, 0.6) is 0 Å². The van der Waals surface area contributed by atoms with Gasteiger partial charge in [-0.2, -0.15) is 0 Å². The lowest BCUT2D eigenvalue weighted by Gasteiger charge is -2.17. The van der Waals surface area contributed by atoms with E-state index in [-0.39, 0.29) is 6.04 Å². The molecule has 21 heavy (non-hydrogen) atoms. The SMILES string of the molecule is CCC[C@@H](NC(=O)C(=O)c1cccn1C)c1nccn1C. The second-order valence-electron chi connectivity index (χ2n) is 5.04. The molecule has 2 aromatic rings. The lowest BCUT2D eigenvalue weighted by atomic mass is 10.1. The van der Waals surface area contributed by atoms with E-state index in [0.29, 0.717) is 5.69 Å². The summed E-state index contributed by atoms with van der Waals surface area (Å²) in [4.78, 5) is 28.6. The van der Waals surface area contributed by atoms with Crippen molar-refractivity contribution < 1.29 is 9.59 Å². The average molecular weight is 288 g/mol. The highest BCUT2D eigenvalue weighted by molar-refractivity contribution is 6.42. The molecule has 0 spiro atoms. The van der Waals surface area contributed by atoms with Crippen LogP contribution < -0.4 is 5.32 Å². The highest BCUT2D eigenvalue weighted by Crippen LogP contribution is 2.16. The average Bonchev–Trinajstić information content (AvgIpc) is 3.06. The monoisotopic (exact) mass is 288 g/mol. The minimum atomic E-state index is -0.599. The summed E-state index contributed by atoms with van der Waals surface area (Å²) in [6.07, 6.45) is 6.86. The molecule has 0 fully saturated rings. The highest BCUT2D eigenvalue weighted by Gasteiger charge is 2.24. The molecule has 0 aromatic carbocycles. The van der Waals surface area contributed by atoms with Crippen molar-refractivity contribution in [1.82, 2.24) is 19.4 Å². The van der Waals surface area contributed by atoms with Gasteiger partial charge in [-0.3, -0.25) is 9.59 Å². The molecule has 1 amide bonds. The number of aryl methyl sites for hydroxylation is 2. The second kappa shape index (κ2) is 6.39. The van der Waals surface area contributed by atoms with Crippen molar-refractivity contribution in [3.8, 4) is 0 Å². The molecule has 2 heterocycles. The Morgan fingerprint density at radius 3 is 2.57 bits per heavy atom. The van der Waals surface area contributed by atoms with Gasteiger partial charge in [-0.1, -0.05) is 13.3 Å². The van der Waals surface area contributed by atoms with Crippen LogP contribution in [-0.2, 0) is 18.9 Å². The van der Waals surface area contributed by atoms with Gasteiger partial charge in [0.25, 0.3) is 11.7 Å². The molecule has 1 atom stereocenters. The Labute approximate surface area is 123 Å². The van der Waals surface area contributed by atoms with Gasteiger partial charge < -0.3 is 14.5 Å². The zero-order chi connectivity index (χ0) is 15.4. The summed E-state index contributed by atoms with van der Waals surface area (Å²) in [7, 11) is 3.61. The number of hydrogen-bond donors (Lipinski definition) is 1. The first-order valence-corrected chi connectivity index (χ1v) is 6.98. The molecule has 112 valence electrons. The number of aromatic nitrogens is 3. The van der Waals surface area contributed by atoms with Crippen LogP contribution in [0.4, 0.5) is 0 Å². The van der Waals surface area contributed by atoms with Crippen molar-refractivity contribution in [2.75, 3.05) is 0 Å². The fourth-order valence-electron chi connectivity index (χ4n) is 2.30. The Morgan fingerprint density at radius 2 is 2.05 bits per heavy atom. The maximum atomic E-state index is 12.2. The Kier molecular flexibility index (Phi) is 4.57. The molecule has 0 saturated heterocycles. The zero-order valence-electron chi connectivity index (χ0n) is 12.5. The van der Waals surface area contributed by atoms with Gasteiger partial charge in [0.15, 0.2) is 0 Å². The predicted octanol–water partition coefficient (Wildman–Crippen LogP) is 1.60. The fraction of sp³-hybridized carbons (Fsp3) is 0.400. The van der Waals surface area contributed by atoms with Crippen molar-refractivity contribution >= 4 is 11.7 Å². The van der Waals surface area contributed by atoms with Crippen LogP contribution in [0.15, 0.2) is 30.7 Å². The highest BCUT2D eigenvalue weighted by atomic mass is 16.2. The first-order valence-electron chi connectivity index (χ1n) is 6.98. The summed E-state index contributed by atoms with van der Waals surface area (Å²) in [5.41, 5.74) is 0.377. The molecule has 6 nitrogen and oxygen atoms in total. The van der Waals surface area contributed by atoms with Crippen molar-refractivity contribution in [2.45, 2.75) is 25.8 Å². The standard InChI is InChI=1S/C15H20N4O2/c1-4-6-11(14-16-8-10-19(14)3)17-15(21)13(20)12-7-5-9-18(12)2/h5,7-11H,4,6H2,1-3H3,(H,17,21)/t11-/m1/s1. The van der Waals surface area contributed by atoms with Crippen molar-refractivity contribution in [2.24, 2.45) is 14.1 Å². The van der Waals surface area contributed by atoms with E-state index in [0.717, 1.165) is 18.7 Å². The second-order valence-corrected chi connectivity index (χ2v) is 5.04. The van der Waals surface area contributed by atoms with E-state index in [1.165, 1.54) is 0 Å². The van der Waals surface area contributed by atoms with E-state index in [9.17, 15) is 9.59 Å². The lowest BCUT2D eigenvalue weighted by Crippen LogP contribution is -2.36. The number of imidazole rings is 1. The van der Waals surface area contributed by atoms with Crippen LogP contribution in [0, 0.1) is 0 Å². The van der Waals surface area contributed by atoms with Gasteiger partial charge in [-0.25, -0.2) is 4.98 Å². The number of Topliss-reactive ketones (excluding diaryl/α,β-unsaturated/α-hetero) is 1. The van der Waals surface area contributed by atoms with Crippen LogP contribution in [0.2, 0.25) is 0 Å². The Hall–Kier alpha value is -2.37. The van der Waals surface area contributed by atoms with Gasteiger partial charge >= 0.3 is 0 Å². The van der Waals surface area contributed by atoms with E-state index in [2.05, 4.69) is 10.3 Å². The molecule has 2 aromatic heterocycles. The Morgan fingerprint density at radius 1 is 1.29 bits per heavy atom. The van der Waals surface area contributed by atoms with Gasteiger partial charge in [-0.05, 0) is 18.6 Å². The predicted molar refractivity (Wildman–Crippen MR) is 78.7 cm³/mol. The van der Waals surface area contributed by atoms with Gasteiger partial charge in [0.1, 0.15) is 5.82 Å². The van der Waals surface area contributed by atoms with Crippen LogP contribution in [0.25, 0.3) is 0 Å². The maximum absolute atomic E-state index is 12.2. The number of amides is 1. The summed E-state index contributed by atoms with van der Waals surface area (Å²) in [5, 5.41) is 2.79. The summed E-state index contributed by atoms with van der Waals surface area (Å²) in [6.45, 7) is 2.03. The molecule has 0 aliphatic carbocycles. The van der Waals surface area contributed by atoms with Gasteiger partial charge in [0.05, 0.1) is 11.7 Å². The number of nitrogens with one attached hydrogen (secondary N) is 1. The van der Waals surface area contributed by atoms with Crippen LogP contribution in [0.1, 0.15) is 42.1 Å². The molecular formula is C15H20N4O2. The molecule has 0 saturated carbocycles. The third-order valence-electron chi connectivity index (χ3n) is 3.44. The van der Waals surface area contributed by atoms with Gasteiger partial charge in [-0.15, -0.1) is 0 Å². The summed E-state index contributed by atoms with van der Waals surface area (Å²) < 4.78 is 3.49. The van der Waals surface area contributed by atoms with Crippen LogP contribution >= 0.6 is 0 Å². The summed E-state index contributed by atoms with van der Waals surface area (Å²) >= 11 is 0. The molecule has 0 unspecified atom stereocenters. The fourth-order valence-corrected chi connectivity index (χ4v) is 2.30. The topological polar surface area (TPSA) is 68.9 Å². The molecule has 0 aliphatic heterocycles. The van der Waals surface area contributed by atoms with Crippen molar-refractivity contribution in [3.05, 3.63) is 42.2 Å². The Balaban J connectivity index is 2.14. The number of ketones is 1. The Bertz CT molecular complexity index is 642. The minimum absolute atomic E-state index is 0.258. The third kappa shape index (κ3) is 3.21. The first-order chi connectivity index (χ1) is 10.0. The summed E-state index contributed by atoms with van der Waals surface area (Å²) in [6, 6.07) is 3.12. The molecule has 6 heteroatoms. The van der Waals surface area contributed by atoms with Crippen LogP contribution in [-0.4, -0.2) is 25.8 Å². The number of hydrogen-bond acceptors (Lipinski definition) is 3. The molecule has 0 aliphatic rings. The smallest absolute Gasteiger partial charge is 0.294 e. The largest absolute Gasteiger partial charge is 0.348 e. The van der Waals surface area contributed by atoms with Gasteiger partial charge in [0, 0.05) is 32.7 Å². The zero-order valence-corrected chi connectivity index (χ0v) is 12.5. The van der Waals surface area contributed by atoms with E-state index < -0.39 is 11.7 Å². The molecule has 0 bridgehead atoms. The minimum Gasteiger partial charge on any atom is -0.348 e. The molecular weight excluding hydrogens is 268 g/mol. The van der Waals surface area contributed by atoms with E-state index in [4.69, 9.17) is 0 Å². The third-order valence-corrected chi connectivity index (χ3v) is 3.44. The van der Waals surface area contributed by atoms with E-state index >= 15 is 0 Å². The first kappa shape index (κ1) is 15.0. The quantitative estimate of drug-likeness (QED) is 0.648. The number of carbonyl (C=O) groups excluding carboxylic acids is 2. The molecule has 2 rings (SSSR count). The van der Waals surface area contributed by atoms with Gasteiger partial charge in [0.2, 0.25) is 0 Å².